The van der Waals surface area contributed by atoms with Crippen molar-refractivity contribution in [3.8, 4) is 22.4 Å². The molecule has 0 bridgehead atoms. The summed E-state index contributed by atoms with van der Waals surface area (Å²) in [5.74, 6) is 0.633. The Morgan fingerprint density at radius 2 is 1.60 bits per heavy atom. The molecule has 188 valence electrons. The summed E-state index contributed by atoms with van der Waals surface area (Å²) in [4.78, 5) is 8.77. The lowest BCUT2D eigenvalue weighted by molar-refractivity contribution is -0.137. The van der Waals surface area contributed by atoms with Crippen LogP contribution < -0.4 is 11.1 Å². The van der Waals surface area contributed by atoms with Crippen LogP contribution in [0.15, 0.2) is 48.9 Å². The van der Waals surface area contributed by atoms with Gasteiger partial charge in [-0.2, -0.15) is 18.3 Å². The number of rotatable bonds is 3. The van der Waals surface area contributed by atoms with Gasteiger partial charge in [-0.3, -0.25) is 10.1 Å². The molecule has 4 heterocycles. The average molecular weight is 548 g/mol. The number of hydrogen-bond acceptors (Lipinski definition) is 5. The molecule has 0 aliphatic carbocycles. The lowest BCUT2D eigenvalue weighted by atomic mass is 9.90. The Morgan fingerprint density at radius 1 is 0.857 bits per heavy atom. The molecule has 4 N–H and O–H groups in total. The van der Waals surface area contributed by atoms with E-state index in [2.05, 4.69) is 25.5 Å². The van der Waals surface area contributed by atoms with Gasteiger partial charge < -0.3 is 11.1 Å². The molecule has 0 atom stereocenters. The van der Waals surface area contributed by atoms with Crippen LogP contribution >= 0.6 is 37.2 Å². The summed E-state index contributed by atoms with van der Waals surface area (Å²) in [6.07, 6.45) is 2.63. The number of halogens is 6. The maximum Gasteiger partial charge on any atom is 0.416 e. The van der Waals surface area contributed by atoms with Crippen molar-refractivity contribution in [1.29, 1.82) is 0 Å². The third-order valence-corrected chi connectivity index (χ3v) is 5.97. The molecule has 0 spiro atoms. The van der Waals surface area contributed by atoms with Crippen molar-refractivity contribution in [2.24, 2.45) is 0 Å². The summed E-state index contributed by atoms with van der Waals surface area (Å²) in [5.41, 5.74) is 9.32. The number of piperidine rings is 1. The van der Waals surface area contributed by atoms with E-state index < -0.39 is 11.7 Å². The molecule has 5 rings (SSSR count). The predicted molar refractivity (Wildman–Crippen MR) is 139 cm³/mol. The molecular weight excluding hydrogens is 524 g/mol. The van der Waals surface area contributed by atoms with Gasteiger partial charge in [-0.25, -0.2) is 4.98 Å². The van der Waals surface area contributed by atoms with Gasteiger partial charge in [0.1, 0.15) is 5.82 Å². The normalized spacial score (nSPS) is 14.0. The number of nitrogens with two attached hydrogens (primary N) is 1. The van der Waals surface area contributed by atoms with Crippen LogP contribution in [-0.2, 0) is 6.18 Å². The maximum absolute atomic E-state index is 13.1. The lowest BCUT2D eigenvalue weighted by Gasteiger charge is -2.22. The topological polar surface area (TPSA) is 92.5 Å². The van der Waals surface area contributed by atoms with E-state index in [4.69, 9.17) is 5.73 Å². The molecule has 0 saturated carbocycles. The molecule has 1 aliphatic heterocycles. The minimum absolute atomic E-state index is 0. The fourth-order valence-electron chi connectivity index (χ4n) is 4.24. The van der Waals surface area contributed by atoms with Gasteiger partial charge in [0.15, 0.2) is 0 Å². The third kappa shape index (κ3) is 5.81. The number of alkyl halides is 3. The molecular formula is C23H24Cl3F3N6. The summed E-state index contributed by atoms with van der Waals surface area (Å²) in [5, 5.41) is 11.8. The number of nitrogens with zero attached hydrogens (tertiary/aromatic N) is 3. The lowest BCUT2D eigenvalue weighted by Crippen LogP contribution is -2.27. The molecule has 3 aromatic heterocycles. The molecule has 0 radical (unpaired) electrons. The largest absolute Gasteiger partial charge is 0.416 e. The molecule has 0 unspecified atom stereocenters. The minimum Gasteiger partial charge on any atom is -0.383 e. The molecule has 4 aromatic rings. The van der Waals surface area contributed by atoms with Gasteiger partial charge in [-0.05, 0) is 55.6 Å². The van der Waals surface area contributed by atoms with Crippen LogP contribution in [0, 0.1) is 0 Å². The monoisotopic (exact) mass is 546 g/mol. The third-order valence-electron chi connectivity index (χ3n) is 5.97. The quantitative estimate of drug-likeness (QED) is 0.292. The molecule has 1 aromatic carbocycles. The Kier molecular flexibility index (Phi) is 9.36. The van der Waals surface area contributed by atoms with Crippen LogP contribution in [0.4, 0.5) is 19.0 Å². The van der Waals surface area contributed by atoms with E-state index in [1.807, 2.05) is 6.07 Å². The van der Waals surface area contributed by atoms with Crippen molar-refractivity contribution >= 4 is 53.8 Å². The minimum atomic E-state index is -4.41. The van der Waals surface area contributed by atoms with Gasteiger partial charge in [0.05, 0.1) is 17.5 Å². The molecule has 1 aliphatic rings. The van der Waals surface area contributed by atoms with Gasteiger partial charge >= 0.3 is 6.18 Å². The van der Waals surface area contributed by atoms with Crippen LogP contribution in [0.2, 0.25) is 0 Å². The first kappa shape index (κ1) is 28.6. The molecule has 1 fully saturated rings. The van der Waals surface area contributed by atoms with E-state index in [1.165, 1.54) is 6.07 Å². The van der Waals surface area contributed by atoms with E-state index in [0.717, 1.165) is 54.9 Å². The summed E-state index contributed by atoms with van der Waals surface area (Å²) in [7, 11) is 0. The van der Waals surface area contributed by atoms with Gasteiger partial charge in [0.25, 0.3) is 0 Å². The smallest absolute Gasteiger partial charge is 0.383 e. The van der Waals surface area contributed by atoms with Crippen LogP contribution in [0.3, 0.4) is 0 Å². The second-order valence-corrected chi connectivity index (χ2v) is 8.01. The summed E-state index contributed by atoms with van der Waals surface area (Å²) in [6.45, 7) is 1.91. The number of H-pyrrole nitrogens is 1. The van der Waals surface area contributed by atoms with Crippen LogP contribution in [0.1, 0.15) is 30.0 Å². The predicted octanol–water partition coefficient (Wildman–Crippen LogP) is 6.02. The number of nitrogen functional groups attached to an aromatic ring is 1. The Labute approximate surface area is 218 Å². The van der Waals surface area contributed by atoms with Crippen LogP contribution in [0.25, 0.3) is 33.2 Å². The second kappa shape index (κ2) is 11.4. The second-order valence-electron chi connectivity index (χ2n) is 8.01. The fourth-order valence-corrected chi connectivity index (χ4v) is 4.24. The Balaban J connectivity index is 0.00000144. The van der Waals surface area contributed by atoms with Crippen molar-refractivity contribution < 1.29 is 13.2 Å². The number of anilines is 1. The first-order valence-corrected chi connectivity index (χ1v) is 10.4. The molecule has 0 amide bonds. The Morgan fingerprint density at radius 3 is 2.31 bits per heavy atom. The molecule has 6 nitrogen and oxygen atoms in total. The van der Waals surface area contributed by atoms with E-state index in [9.17, 15) is 13.2 Å². The number of fused-ring (bicyclic) bond motifs is 1. The van der Waals surface area contributed by atoms with E-state index >= 15 is 0 Å². The molecule has 12 heteroatoms. The van der Waals surface area contributed by atoms with E-state index in [0.29, 0.717) is 27.9 Å². The van der Waals surface area contributed by atoms with Crippen molar-refractivity contribution in [3.05, 3.63) is 60.2 Å². The average Bonchev–Trinajstić information content (AvgIpc) is 3.29. The van der Waals surface area contributed by atoms with E-state index in [1.54, 1.807) is 24.7 Å². The fraction of sp³-hybridized carbons (Fsp3) is 0.261. The number of pyridine rings is 2. The Bertz CT molecular complexity index is 1290. The van der Waals surface area contributed by atoms with Gasteiger partial charge in [0, 0.05) is 46.1 Å². The molecule has 35 heavy (non-hydrogen) atoms. The standard InChI is InChI=1S/C23H21F3N6.3ClH/c24-23(25,26)17-2-1-14-10-29-20(9-15(14)7-17)18-8-16(11-30-22(18)27)19-12-31-32-21(19)13-3-5-28-6-4-13;;;/h1-2,7-13,28H,3-6H2,(H2,27,30)(H,31,32);3*1H. The van der Waals surface area contributed by atoms with Crippen LogP contribution in [0.5, 0.6) is 0 Å². The number of aromatic nitrogens is 4. The van der Waals surface area contributed by atoms with Crippen molar-refractivity contribution in [2.45, 2.75) is 24.9 Å². The number of benzene rings is 1. The first-order valence-electron chi connectivity index (χ1n) is 10.4. The highest BCUT2D eigenvalue weighted by Gasteiger charge is 2.30. The summed E-state index contributed by atoms with van der Waals surface area (Å²) >= 11 is 0. The highest BCUT2D eigenvalue weighted by atomic mass is 35.5. The zero-order valence-electron chi connectivity index (χ0n) is 18.3. The number of nitrogens with one attached hydrogen (secondary N) is 2. The van der Waals surface area contributed by atoms with Gasteiger partial charge in [0.2, 0.25) is 0 Å². The first-order chi connectivity index (χ1) is 15.4. The number of hydrogen-bond donors (Lipinski definition) is 3. The SMILES string of the molecule is Cl.Cl.Cl.Nc1ncc(-c2cn[nH]c2C2CCNCC2)cc1-c1cc2cc(C(F)(F)F)ccc2cn1. The van der Waals surface area contributed by atoms with Gasteiger partial charge in [-0.15, -0.1) is 37.2 Å². The molecule has 1 saturated heterocycles. The summed E-state index contributed by atoms with van der Waals surface area (Å²) in [6, 6.07) is 7.09. The van der Waals surface area contributed by atoms with Crippen LogP contribution in [-0.4, -0.2) is 33.3 Å². The van der Waals surface area contributed by atoms with Gasteiger partial charge in [-0.1, -0.05) is 6.07 Å². The van der Waals surface area contributed by atoms with Crippen molar-refractivity contribution in [1.82, 2.24) is 25.5 Å². The van der Waals surface area contributed by atoms with E-state index in [-0.39, 0.29) is 43.0 Å². The highest BCUT2D eigenvalue weighted by molar-refractivity contribution is 5.88. The highest BCUT2D eigenvalue weighted by Crippen LogP contribution is 2.36. The summed E-state index contributed by atoms with van der Waals surface area (Å²) < 4.78 is 39.4. The van der Waals surface area contributed by atoms with Crippen molar-refractivity contribution in [3.63, 3.8) is 0 Å². The van der Waals surface area contributed by atoms with Crippen molar-refractivity contribution in [2.75, 3.05) is 18.8 Å². The number of aromatic amines is 1. The maximum atomic E-state index is 13.1. The zero-order chi connectivity index (χ0) is 22.3. The zero-order valence-corrected chi connectivity index (χ0v) is 20.8. The Hall–Kier alpha value is -2.59.